The molecule has 8 heteroatoms. The van der Waals surface area contributed by atoms with Gasteiger partial charge in [-0.2, -0.15) is 0 Å². The van der Waals surface area contributed by atoms with E-state index >= 15 is 0 Å². The Morgan fingerprint density at radius 3 is 1.28 bits per heavy atom. The molecular formula is C94H62B4N4. The summed E-state index contributed by atoms with van der Waals surface area (Å²) in [4.78, 5) is 9.78. The Morgan fingerprint density at radius 2 is 0.647 bits per heavy atom. The molecule has 0 saturated carbocycles. The normalized spacial score (nSPS) is 14.0. The van der Waals surface area contributed by atoms with Gasteiger partial charge in [-0.15, -0.1) is 0 Å². The largest absolute Gasteiger partial charge is 0.383 e. The van der Waals surface area contributed by atoms with E-state index in [9.17, 15) is 0 Å². The van der Waals surface area contributed by atoms with Crippen LogP contribution in [0.15, 0.2) is 346 Å². The maximum Gasteiger partial charge on any atom is 0.328 e. The summed E-state index contributed by atoms with van der Waals surface area (Å²) in [5.74, 6) is 4.74. The maximum atomic E-state index is 2.49. The molecule has 0 unspecified atom stereocenters. The van der Waals surface area contributed by atoms with Crippen molar-refractivity contribution in [3.63, 3.8) is 0 Å². The summed E-state index contributed by atoms with van der Waals surface area (Å²) in [5.41, 5.74) is 26.8. The maximum absolute atomic E-state index is 2.49. The Bertz CT molecular complexity index is 6450. The molecule has 0 spiro atoms. The molecule has 16 aromatic rings. The van der Waals surface area contributed by atoms with E-state index in [1.54, 1.807) is 0 Å². The number of para-hydroxylation sites is 4. The van der Waals surface area contributed by atoms with Gasteiger partial charge in [0.05, 0.1) is 0 Å². The highest BCUT2D eigenvalue weighted by Crippen LogP contribution is 2.47. The molecule has 0 aromatic heterocycles. The number of rotatable bonds is 0. The molecular weight excluding hydrogens is 1230 g/mol. The molecule has 0 atom stereocenters. The molecule has 8 aliphatic heterocycles. The fourth-order valence-electron chi connectivity index (χ4n) is 18.0. The number of hydrogen-bond donors (Lipinski definition) is 0. The molecule has 0 fully saturated rings. The molecule has 8 aliphatic rings. The number of fused-ring (bicyclic) bond motifs is 34. The third-order valence-corrected chi connectivity index (χ3v) is 22.4. The van der Waals surface area contributed by atoms with Crippen LogP contribution in [-0.2, 0) is 0 Å². The van der Waals surface area contributed by atoms with Crippen LogP contribution in [0.1, 0.15) is 16.7 Å². The quantitative estimate of drug-likeness (QED) is 0.111. The van der Waals surface area contributed by atoms with Gasteiger partial charge < -0.3 is 19.2 Å². The van der Waals surface area contributed by atoms with Crippen LogP contribution in [0.5, 0.6) is 0 Å². The number of hydrogen-bond acceptors (Lipinski definition) is 4. The van der Waals surface area contributed by atoms with Crippen molar-refractivity contribution in [3.05, 3.63) is 373 Å². The molecule has 0 amide bonds. The van der Waals surface area contributed by atoms with E-state index in [1.807, 2.05) is 0 Å². The lowest BCUT2D eigenvalue weighted by Crippen LogP contribution is -2.59. The predicted molar refractivity (Wildman–Crippen MR) is 441 cm³/mol. The van der Waals surface area contributed by atoms with Crippen molar-refractivity contribution in [2.45, 2.75) is 0 Å². The van der Waals surface area contributed by atoms with Crippen LogP contribution in [0.4, 0.5) is 28.4 Å². The van der Waals surface area contributed by atoms with Gasteiger partial charge in [-0.1, -0.05) is 315 Å². The van der Waals surface area contributed by atoms with Crippen LogP contribution in [0.25, 0.3) is 118 Å². The van der Waals surface area contributed by atoms with Crippen molar-refractivity contribution in [2.24, 2.45) is 0 Å². The van der Waals surface area contributed by atoms with Crippen molar-refractivity contribution in [3.8, 4) is 33.4 Å². The Morgan fingerprint density at radius 1 is 0.235 bits per heavy atom. The fraction of sp³-hybridized carbons (Fsp3) is 0. The van der Waals surface area contributed by atoms with Gasteiger partial charge in [0.25, 0.3) is 0 Å². The first-order valence-electron chi connectivity index (χ1n) is 35.7. The van der Waals surface area contributed by atoms with Gasteiger partial charge in [0.15, 0.2) is 0 Å². The van der Waals surface area contributed by atoms with Crippen LogP contribution >= 0.6 is 0 Å². The van der Waals surface area contributed by atoms with Gasteiger partial charge in [-0.25, -0.2) is 0 Å². The second-order valence-electron chi connectivity index (χ2n) is 27.7. The van der Waals surface area contributed by atoms with Crippen molar-refractivity contribution in [1.82, 2.24) is 0 Å². The van der Waals surface area contributed by atoms with E-state index in [1.165, 1.54) is 176 Å². The zero-order valence-electron chi connectivity index (χ0n) is 55.9. The molecule has 4 nitrogen and oxygen atoms in total. The third kappa shape index (κ3) is 9.02. The minimum Gasteiger partial charge on any atom is -0.383 e. The molecule has 24 rings (SSSR count). The highest BCUT2D eigenvalue weighted by Gasteiger charge is 2.41. The first kappa shape index (κ1) is 58.2. The van der Waals surface area contributed by atoms with Gasteiger partial charge in [0.1, 0.15) is 0 Å². The van der Waals surface area contributed by atoms with E-state index in [4.69, 9.17) is 0 Å². The average molecular weight is 1290 g/mol. The zero-order valence-corrected chi connectivity index (χ0v) is 55.9. The number of anilines is 5. The van der Waals surface area contributed by atoms with E-state index in [2.05, 4.69) is 396 Å². The SMILES string of the molecule is C1=CN2B(c3ccccc31)c1ccc3ccccc3c1-c1ccccc12.C1=CN2B(c3ccccc31)c1cccc3ccc4cccc2c4c13.C1=Cc2ccccc2N2B1c1ccc3ccccc3c1-c1ccccc12.C1=c2ccccc2=CN2B1c1ccc3ccccc3c1-c1ccccc12. The van der Waals surface area contributed by atoms with Gasteiger partial charge in [-0.05, 0) is 186 Å². The smallest absolute Gasteiger partial charge is 0.328 e. The Hall–Kier alpha value is -12.8. The van der Waals surface area contributed by atoms with Crippen molar-refractivity contribution < 1.29 is 0 Å². The zero-order chi connectivity index (χ0) is 66.9. The Labute approximate surface area is 594 Å². The summed E-state index contributed by atoms with van der Waals surface area (Å²) < 4.78 is 0. The summed E-state index contributed by atoms with van der Waals surface area (Å²) in [6.07, 6.45) is 13.5. The predicted octanol–water partition coefficient (Wildman–Crippen LogP) is 17.0. The molecule has 0 N–H and O–H groups in total. The second kappa shape index (κ2) is 23.4. The molecule has 8 heterocycles. The second-order valence-corrected chi connectivity index (χ2v) is 27.7. The van der Waals surface area contributed by atoms with Crippen molar-refractivity contribution >= 4 is 173 Å². The van der Waals surface area contributed by atoms with Gasteiger partial charge in [-0.3, -0.25) is 0 Å². The van der Waals surface area contributed by atoms with E-state index < -0.39 is 0 Å². The topological polar surface area (TPSA) is 13.0 Å². The van der Waals surface area contributed by atoms with Gasteiger partial charge >= 0.3 is 27.4 Å². The standard InChI is InChI=1S/3C24H16BN.C22H14BN/c1-3-9-19-17(7-1)13-14-21-24(19)20-10-4-6-12-23(20)26-22-11-5-2-8-18(22)15-16-25(21)26;1-3-9-19-17(7-1)13-14-22-24(19)20-10-4-6-12-23(20)26-16-15-18-8-2-5-11-21(18)25(22)26;1-2-9-19-16-26-23-12-6-5-11-21(23)24-20-10-4-3-7-17(20)13-14-22(24)25(26)15-18(19)8-1;1-2-8-18-15(5-1)13-14-24-20-10-4-7-17-12-11-16-6-3-9-19(23(18)24)21(16)22(17)20/h3*1-16H;1-14H. The van der Waals surface area contributed by atoms with Crippen LogP contribution in [0.3, 0.4) is 0 Å². The first-order valence-corrected chi connectivity index (χ1v) is 35.7. The monoisotopic (exact) mass is 1290 g/mol. The molecule has 0 bridgehead atoms. The Kier molecular flexibility index (Phi) is 13.4. The van der Waals surface area contributed by atoms with Gasteiger partial charge in [0, 0.05) is 50.5 Å². The minimum absolute atomic E-state index is 0.228. The van der Waals surface area contributed by atoms with E-state index in [0.29, 0.717) is 0 Å². The van der Waals surface area contributed by atoms with E-state index in [0.717, 1.165) is 0 Å². The summed E-state index contributed by atoms with van der Waals surface area (Å²) >= 11 is 0. The molecule has 0 aliphatic carbocycles. The molecule has 470 valence electrons. The highest BCUT2D eigenvalue weighted by atomic mass is 15.1. The molecule has 0 saturated heterocycles. The van der Waals surface area contributed by atoms with Crippen LogP contribution in [0.2, 0.25) is 0 Å². The summed E-state index contributed by atoms with van der Waals surface area (Å²) in [7, 11) is 0. The lowest BCUT2D eigenvalue weighted by molar-refractivity contribution is 1.35. The van der Waals surface area contributed by atoms with Crippen LogP contribution < -0.4 is 62.5 Å². The molecule has 102 heavy (non-hydrogen) atoms. The third-order valence-electron chi connectivity index (χ3n) is 22.4. The van der Waals surface area contributed by atoms with Gasteiger partial charge in [0.2, 0.25) is 0 Å². The van der Waals surface area contributed by atoms with Crippen LogP contribution in [0, 0.1) is 0 Å². The lowest BCUT2D eigenvalue weighted by atomic mass is 9.44. The molecule has 0 radical (unpaired) electrons. The fourth-order valence-corrected chi connectivity index (χ4v) is 18.0. The minimum atomic E-state index is 0.228. The van der Waals surface area contributed by atoms with E-state index in [-0.39, 0.29) is 27.4 Å². The van der Waals surface area contributed by atoms with Crippen molar-refractivity contribution in [2.75, 3.05) is 19.2 Å². The average Bonchev–Trinajstić information content (AvgIpc) is 0.733. The van der Waals surface area contributed by atoms with Crippen LogP contribution in [-0.4, -0.2) is 27.4 Å². The highest BCUT2D eigenvalue weighted by molar-refractivity contribution is 6.93. The van der Waals surface area contributed by atoms with Crippen molar-refractivity contribution in [1.29, 1.82) is 0 Å². The summed E-state index contributed by atoms with van der Waals surface area (Å²) in [6.45, 7) is 0.958. The summed E-state index contributed by atoms with van der Waals surface area (Å²) in [6, 6.07) is 119. The summed E-state index contributed by atoms with van der Waals surface area (Å²) in [5, 5.41) is 16.0. The number of benzene rings is 16. The molecule has 16 aromatic carbocycles. The Balaban J connectivity index is 0.0000000885. The first-order chi connectivity index (χ1) is 50.6. The lowest BCUT2D eigenvalue weighted by Gasteiger charge is -2.40. The number of nitrogens with zero attached hydrogens (tertiary/aromatic N) is 4.